The summed E-state index contributed by atoms with van der Waals surface area (Å²) in [6.07, 6.45) is 5.17. The molecule has 2 aromatic rings. The molecule has 124 valence electrons. The summed E-state index contributed by atoms with van der Waals surface area (Å²) in [5.74, 6) is 0.596. The number of hydrogen-bond acceptors (Lipinski definition) is 4. The fourth-order valence-electron chi connectivity index (χ4n) is 2.83. The molecule has 3 rings (SSSR count). The zero-order valence-corrected chi connectivity index (χ0v) is 14.0. The number of nitrogens with one attached hydrogen (secondary N) is 1. The van der Waals surface area contributed by atoms with E-state index in [2.05, 4.69) is 22.3 Å². The molecule has 0 aromatic carbocycles. The quantitative estimate of drug-likeness (QED) is 0.925. The van der Waals surface area contributed by atoms with Crippen molar-refractivity contribution in [3.63, 3.8) is 0 Å². The molecule has 2 atom stereocenters. The van der Waals surface area contributed by atoms with Gasteiger partial charge in [0.1, 0.15) is 17.1 Å². The van der Waals surface area contributed by atoms with Gasteiger partial charge in [0.25, 0.3) is 5.91 Å². The van der Waals surface area contributed by atoms with E-state index >= 15 is 0 Å². The van der Waals surface area contributed by atoms with Crippen LogP contribution in [-0.4, -0.2) is 37.9 Å². The lowest BCUT2D eigenvalue weighted by atomic mass is 10.0. The van der Waals surface area contributed by atoms with Gasteiger partial charge in [0.15, 0.2) is 5.69 Å². The van der Waals surface area contributed by atoms with Crippen LogP contribution in [0, 0.1) is 0 Å². The summed E-state index contributed by atoms with van der Waals surface area (Å²) in [4.78, 5) is 16.8. The largest absolute Gasteiger partial charge is 0.368 e. The lowest BCUT2D eigenvalue weighted by Gasteiger charge is -2.32. The molecule has 1 N–H and O–H groups in total. The highest BCUT2D eigenvalue weighted by molar-refractivity contribution is 6.29. The highest BCUT2D eigenvalue weighted by Gasteiger charge is 2.32. The predicted octanol–water partition coefficient (Wildman–Crippen LogP) is 1.94. The number of ether oxygens (including phenoxy) is 1. The highest BCUT2D eigenvalue weighted by Crippen LogP contribution is 2.27. The summed E-state index contributed by atoms with van der Waals surface area (Å²) in [6.45, 7) is 3.53. The first-order valence-corrected chi connectivity index (χ1v) is 8.11. The summed E-state index contributed by atoms with van der Waals surface area (Å²) in [7, 11) is 1.70. The maximum absolute atomic E-state index is 12.4. The minimum Gasteiger partial charge on any atom is -0.368 e. The van der Waals surface area contributed by atoms with E-state index in [-0.39, 0.29) is 18.1 Å². The van der Waals surface area contributed by atoms with Crippen LogP contribution in [0.2, 0.25) is 5.15 Å². The third-order valence-corrected chi connectivity index (χ3v) is 4.39. The van der Waals surface area contributed by atoms with Crippen LogP contribution < -0.4 is 5.32 Å². The number of aryl methyl sites for hydroxylation is 2. The maximum Gasteiger partial charge on any atom is 0.272 e. The molecule has 7 nitrogen and oxygen atoms in total. The molecule has 1 aliphatic rings. The van der Waals surface area contributed by atoms with Crippen LogP contribution in [0.25, 0.3) is 0 Å². The predicted molar refractivity (Wildman–Crippen MR) is 85.3 cm³/mol. The van der Waals surface area contributed by atoms with Crippen molar-refractivity contribution in [3.8, 4) is 0 Å². The molecule has 0 unspecified atom stereocenters. The minimum absolute atomic E-state index is 0.135. The summed E-state index contributed by atoms with van der Waals surface area (Å²) >= 11 is 5.95. The van der Waals surface area contributed by atoms with Crippen molar-refractivity contribution in [2.24, 2.45) is 7.05 Å². The molecule has 0 spiro atoms. The molecule has 0 bridgehead atoms. The van der Waals surface area contributed by atoms with Crippen molar-refractivity contribution in [1.29, 1.82) is 0 Å². The van der Waals surface area contributed by atoms with Crippen LogP contribution in [0.3, 0.4) is 0 Å². The van der Waals surface area contributed by atoms with Crippen LogP contribution in [0.1, 0.15) is 42.2 Å². The second-order valence-corrected chi connectivity index (χ2v) is 5.95. The number of halogens is 1. The van der Waals surface area contributed by atoms with Gasteiger partial charge < -0.3 is 14.6 Å². The average Bonchev–Trinajstić information content (AvgIpc) is 3.15. The van der Waals surface area contributed by atoms with Gasteiger partial charge in [0.05, 0.1) is 6.04 Å². The molecule has 23 heavy (non-hydrogen) atoms. The Morgan fingerprint density at radius 2 is 2.39 bits per heavy atom. The van der Waals surface area contributed by atoms with E-state index in [1.165, 1.54) is 4.68 Å². The molecule has 8 heteroatoms. The molecular formula is C15H20ClN5O2. The summed E-state index contributed by atoms with van der Waals surface area (Å²) < 4.78 is 9.40. The lowest BCUT2D eigenvalue weighted by molar-refractivity contribution is -0.0163. The smallest absolute Gasteiger partial charge is 0.272 e. The van der Waals surface area contributed by atoms with E-state index in [0.717, 1.165) is 25.2 Å². The first-order chi connectivity index (χ1) is 11.1. The van der Waals surface area contributed by atoms with Gasteiger partial charge in [-0.05, 0) is 19.8 Å². The Bertz CT molecular complexity index is 676. The van der Waals surface area contributed by atoms with Gasteiger partial charge in [-0.1, -0.05) is 11.6 Å². The number of aromatic nitrogens is 4. The Morgan fingerprint density at radius 3 is 3.09 bits per heavy atom. The Morgan fingerprint density at radius 1 is 1.57 bits per heavy atom. The zero-order chi connectivity index (χ0) is 16.4. The molecule has 0 radical (unpaired) electrons. The van der Waals surface area contributed by atoms with Crippen molar-refractivity contribution >= 4 is 17.5 Å². The molecular weight excluding hydrogens is 318 g/mol. The second kappa shape index (κ2) is 6.72. The number of amides is 1. The van der Waals surface area contributed by atoms with Gasteiger partial charge in [-0.3, -0.25) is 9.48 Å². The Hall–Kier alpha value is -1.86. The third-order valence-electron chi connectivity index (χ3n) is 4.04. The van der Waals surface area contributed by atoms with Gasteiger partial charge in [-0.25, -0.2) is 4.98 Å². The van der Waals surface area contributed by atoms with E-state index in [4.69, 9.17) is 16.3 Å². The topological polar surface area (TPSA) is 74.0 Å². The van der Waals surface area contributed by atoms with E-state index in [1.54, 1.807) is 19.3 Å². The number of carbonyl (C=O) groups is 1. The van der Waals surface area contributed by atoms with Crippen LogP contribution in [0.15, 0.2) is 18.5 Å². The number of carbonyl (C=O) groups excluding carboxylic acids is 1. The molecule has 2 aromatic heterocycles. The molecule has 1 aliphatic heterocycles. The number of nitrogens with zero attached hydrogens (tertiary/aromatic N) is 4. The van der Waals surface area contributed by atoms with Crippen molar-refractivity contribution in [1.82, 2.24) is 24.6 Å². The van der Waals surface area contributed by atoms with Gasteiger partial charge in [-0.15, -0.1) is 0 Å². The maximum atomic E-state index is 12.4. The van der Waals surface area contributed by atoms with E-state index < -0.39 is 0 Å². The Kier molecular flexibility index (Phi) is 4.68. The standard InChI is InChI=1S/C15H20ClN5O2/c1-3-21-7-6-17-14(21)13-10(5-4-8-23-13)18-15(22)11-9-12(16)20(2)19-11/h6-7,9-10,13H,3-5,8H2,1-2H3,(H,18,22)/t10-,13-/m1/s1. The van der Waals surface area contributed by atoms with Crippen molar-refractivity contribution < 1.29 is 9.53 Å². The molecule has 0 aliphatic carbocycles. The van der Waals surface area contributed by atoms with Crippen LogP contribution in [-0.2, 0) is 18.3 Å². The third kappa shape index (κ3) is 3.25. The average molecular weight is 338 g/mol. The first-order valence-electron chi connectivity index (χ1n) is 7.73. The van der Waals surface area contributed by atoms with E-state index in [9.17, 15) is 4.79 Å². The fourth-order valence-corrected chi connectivity index (χ4v) is 2.97. The van der Waals surface area contributed by atoms with Crippen molar-refractivity contribution in [2.45, 2.75) is 38.5 Å². The second-order valence-electron chi connectivity index (χ2n) is 5.56. The normalized spacial score (nSPS) is 21.3. The summed E-state index contributed by atoms with van der Waals surface area (Å²) in [5.41, 5.74) is 0.306. The van der Waals surface area contributed by atoms with Gasteiger partial charge in [0, 0.05) is 38.7 Å². The molecule has 0 saturated carbocycles. The fraction of sp³-hybridized carbons (Fsp3) is 0.533. The molecule has 1 fully saturated rings. The van der Waals surface area contributed by atoms with Crippen molar-refractivity contribution in [2.75, 3.05) is 6.61 Å². The lowest BCUT2D eigenvalue weighted by Crippen LogP contribution is -2.43. The van der Waals surface area contributed by atoms with Crippen LogP contribution in [0.4, 0.5) is 0 Å². The molecule has 3 heterocycles. The van der Waals surface area contributed by atoms with Crippen LogP contribution >= 0.6 is 11.6 Å². The number of rotatable bonds is 4. The van der Waals surface area contributed by atoms with Gasteiger partial charge in [0.2, 0.25) is 0 Å². The SMILES string of the molecule is CCn1ccnc1[C@@H]1OCCC[C@H]1NC(=O)c1cc(Cl)n(C)n1. The van der Waals surface area contributed by atoms with Gasteiger partial charge in [-0.2, -0.15) is 5.10 Å². The first kappa shape index (κ1) is 16.0. The Labute approximate surface area is 139 Å². The van der Waals surface area contributed by atoms with E-state index in [0.29, 0.717) is 17.5 Å². The molecule has 1 amide bonds. The van der Waals surface area contributed by atoms with E-state index in [1.807, 2.05) is 10.8 Å². The summed E-state index contributed by atoms with van der Waals surface area (Å²) in [5, 5.41) is 7.55. The van der Waals surface area contributed by atoms with Gasteiger partial charge >= 0.3 is 0 Å². The van der Waals surface area contributed by atoms with Crippen LogP contribution in [0.5, 0.6) is 0 Å². The molecule has 1 saturated heterocycles. The monoisotopic (exact) mass is 337 g/mol. The Balaban J connectivity index is 1.78. The zero-order valence-electron chi connectivity index (χ0n) is 13.2. The summed E-state index contributed by atoms with van der Waals surface area (Å²) in [6, 6.07) is 1.42. The number of imidazole rings is 1. The highest BCUT2D eigenvalue weighted by atomic mass is 35.5. The van der Waals surface area contributed by atoms with Crippen molar-refractivity contribution in [3.05, 3.63) is 35.1 Å². The number of hydrogen-bond donors (Lipinski definition) is 1. The minimum atomic E-state index is -0.248.